The fraction of sp³-hybridized carbons (Fsp3) is 0.240. The molecule has 0 atom stereocenters. The molecule has 0 N–H and O–H groups in total. The van der Waals surface area contributed by atoms with Crippen LogP contribution in [-0.4, -0.2) is 33.3 Å². The number of rotatable bonds is 7. The van der Waals surface area contributed by atoms with E-state index in [1.807, 2.05) is 0 Å². The third-order valence-corrected chi connectivity index (χ3v) is 6.04. The molecule has 1 heterocycles. The summed E-state index contributed by atoms with van der Waals surface area (Å²) in [4.78, 5) is 14.5. The van der Waals surface area contributed by atoms with Crippen LogP contribution in [0.15, 0.2) is 40.6 Å². The van der Waals surface area contributed by atoms with Gasteiger partial charge in [0, 0.05) is 25.2 Å². The van der Waals surface area contributed by atoms with Gasteiger partial charge in [-0.25, -0.2) is 18.0 Å². The quantitative estimate of drug-likeness (QED) is 0.0764. The van der Waals surface area contributed by atoms with E-state index in [1.165, 1.54) is 20.3 Å². The Kier molecular flexibility index (Phi) is 8.00. The number of carbonyl (C=O) groups excluding carboxylic acids is 1. The van der Waals surface area contributed by atoms with Crippen molar-refractivity contribution in [2.75, 3.05) is 32.2 Å². The van der Waals surface area contributed by atoms with E-state index in [-0.39, 0.29) is 16.3 Å². The Labute approximate surface area is 218 Å². The first kappa shape index (κ1) is 27.1. The van der Waals surface area contributed by atoms with Gasteiger partial charge in [-0.2, -0.15) is 8.78 Å². The molecular formula is C25H19ClF5N3O4. The van der Waals surface area contributed by atoms with Crippen LogP contribution in [0.4, 0.5) is 39.0 Å². The lowest BCUT2D eigenvalue weighted by molar-refractivity contribution is 0.0716. The van der Waals surface area contributed by atoms with E-state index < -0.39 is 40.8 Å². The van der Waals surface area contributed by atoms with Crippen molar-refractivity contribution in [2.24, 2.45) is 10.2 Å². The van der Waals surface area contributed by atoms with Crippen molar-refractivity contribution in [2.45, 2.75) is 12.8 Å². The first-order valence-corrected chi connectivity index (χ1v) is 11.5. The van der Waals surface area contributed by atoms with Gasteiger partial charge in [-0.3, -0.25) is 0 Å². The molecule has 4 rings (SSSR count). The highest BCUT2D eigenvalue weighted by atomic mass is 35.5. The number of halogens is 6. The molecule has 7 nitrogen and oxygen atoms in total. The molecule has 3 aromatic carbocycles. The Morgan fingerprint density at radius 1 is 0.816 bits per heavy atom. The van der Waals surface area contributed by atoms with Crippen molar-refractivity contribution in [1.82, 2.24) is 0 Å². The fourth-order valence-electron chi connectivity index (χ4n) is 3.80. The van der Waals surface area contributed by atoms with Gasteiger partial charge in [-0.1, -0.05) is 11.6 Å². The van der Waals surface area contributed by atoms with Crippen LogP contribution in [0.3, 0.4) is 0 Å². The number of carbonyl (C=O) groups is 1. The van der Waals surface area contributed by atoms with Gasteiger partial charge in [0.15, 0.2) is 0 Å². The number of hydrogen-bond acceptors (Lipinski definition) is 7. The average molecular weight is 556 g/mol. The van der Waals surface area contributed by atoms with Crippen LogP contribution in [-0.2, 0) is 0 Å². The molecule has 0 saturated carbocycles. The smallest absolute Gasteiger partial charge is 0.343 e. The van der Waals surface area contributed by atoms with Crippen molar-refractivity contribution in [3.8, 4) is 17.2 Å². The summed E-state index contributed by atoms with van der Waals surface area (Å²) in [6.45, 7) is 1.77. The minimum Gasteiger partial charge on any atom is -0.494 e. The molecule has 1 fully saturated rings. The SMILES string of the molecule is COc1cc(N2CCCC2)c(OC)cc1N=Nc1ccc(C(=O)Oc2c(F)c(F)c(F)c(F)c2F)cc1Cl. The summed E-state index contributed by atoms with van der Waals surface area (Å²) in [6.07, 6.45) is 2.13. The molecule has 200 valence electrons. The zero-order valence-electron chi connectivity index (χ0n) is 20.0. The predicted molar refractivity (Wildman–Crippen MR) is 128 cm³/mol. The lowest BCUT2D eigenvalue weighted by atomic mass is 10.2. The minimum absolute atomic E-state index is 0.101. The maximum atomic E-state index is 13.8. The van der Waals surface area contributed by atoms with Gasteiger partial charge in [0.2, 0.25) is 34.8 Å². The summed E-state index contributed by atoms with van der Waals surface area (Å²) in [6, 6.07) is 6.86. The maximum Gasteiger partial charge on any atom is 0.343 e. The average Bonchev–Trinajstić information content (AvgIpc) is 3.46. The van der Waals surface area contributed by atoms with E-state index in [0.29, 0.717) is 17.2 Å². The van der Waals surface area contributed by atoms with E-state index in [0.717, 1.165) is 43.8 Å². The number of hydrogen-bond donors (Lipinski definition) is 0. The Hall–Kier alpha value is -3.93. The molecule has 0 bridgehead atoms. The number of anilines is 1. The molecule has 0 aliphatic carbocycles. The molecular weight excluding hydrogens is 537 g/mol. The van der Waals surface area contributed by atoms with E-state index in [2.05, 4.69) is 19.9 Å². The lowest BCUT2D eigenvalue weighted by Gasteiger charge is -2.21. The molecule has 0 amide bonds. The van der Waals surface area contributed by atoms with Gasteiger partial charge in [-0.05, 0) is 31.0 Å². The molecule has 1 saturated heterocycles. The predicted octanol–water partition coefficient (Wildman–Crippen LogP) is 7.29. The zero-order valence-corrected chi connectivity index (χ0v) is 20.7. The Bertz CT molecular complexity index is 1400. The molecule has 38 heavy (non-hydrogen) atoms. The third kappa shape index (κ3) is 5.21. The van der Waals surface area contributed by atoms with Crippen LogP contribution < -0.4 is 19.1 Å². The van der Waals surface area contributed by atoms with E-state index in [9.17, 15) is 26.7 Å². The van der Waals surface area contributed by atoms with Gasteiger partial charge in [0.1, 0.15) is 22.9 Å². The second-order valence-corrected chi connectivity index (χ2v) is 8.45. The lowest BCUT2D eigenvalue weighted by Crippen LogP contribution is -2.18. The number of esters is 1. The van der Waals surface area contributed by atoms with Crippen molar-refractivity contribution in [1.29, 1.82) is 0 Å². The highest BCUT2D eigenvalue weighted by Gasteiger charge is 2.29. The Morgan fingerprint density at radius 2 is 1.39 bits per heavy atom. The first-order valence-electron chi connectivity index (χ1n) is 11.1. The fourth-order valence-corrected chi connectivity index (χ4v) is 4.02. The monoisotopic (exact) mass is 555 g/mol. The molecule has 0 radical (unpaired) electrons. The number of ether oxygens (including phenoxy) is 3. The number of azo groups is 1. The summed E-state index contributed by atoms with van der Waals surface area (Å²) in [7, 11) is 3.01. The van der Waals surface area contributed by atoms with Crippen LogP contribution in [0, 0.1) is 29.1 Å². The van der Waals surface area contributed by atoms with Crippen LogP contribution in [0.1, 0.15) is 23.2 Å². The van der Waals surface area contributed by atoms with Gasteiger partial charge >= 0.3 is 5.97 Å². The largest absolute Gasteiger partial charge is 0.494 e. The third-order valence-electron chi connectivity index (χ3n) is 5.74. The van der Waals surface area contributed by atoms with E-state index >= 15 is 0 Å². The van der Waals surface area contributed by atoms with Crippen LogP contribution in [0.2, 0.25) is 5.02 Å². The van der Waals surface area contributed by atoms with Crippen LogP contribution in [0.5, 0.6) is 17.2 Å². The second kappa shape index (κ2) is 11.2. The summed E-state index contributed by atoms with van der Waals surface area (Å²) < 4.78 is 83.0. The molecule has 13 heteroatoms. The van der Waals surface area contributed by atoms with E-state index in [4.69, 9.17) is 21.1 Å². The van der Waals surface area contributed by atoms with Gasteiger partial charge < -0.3 is 19.1 Å². The molecule has 0 unspecified atom stereocenters. The minimum atomic E-state index is -2.38. The normalized spacial score (nSPS) is 13.3. The maximum absolute atomic E-state index is 13.8. The second-order valence-electron chi connectivity index (χ2n) is 8.04. The molecule has 1 aliphatic rings. The summed E-state index contributed by atoms with van der Waals surface area (Å²) in [5.74, 6) is -13.6. The highest BCUT2D eigenvalue weighted by Crippen LogP contribution is 2.42. The van der Waals surface area contributed by atoms with E-state index in [1.54, 1.807) is 12.1 Å². The first-order chi connectivity index (χ1) is 18.2. The van der Waals surface area contributed by atoms with Crippen molar-refractivity contribution < 1.29 is 41.0 Å². The zero-order chi connectivity index (χ0) is 27.6. The summed E-state index contributed by atoms with van der Waals surface area (Å²) >= 11 is 6.18. The highest BCUT2D eigenvalue weighted by molar-refractivity contribution is 6.33. The van der Waals surface area contributed by atoms with Crippen molar-refractivity contribution >= 4 is 34.6 Å². The molecule has 3 aromatic rings. The van der Waals surface area contributed by atoms with Crippen molar-refractivity contribution in [3.63, 3.8) is 0 Å². The van der Waals surface area contributed by atoms with Gasteiger partial charge in [0.05, 0.1) is 30.5 Å². The van der Waals surface area contributed by atoms with Crippen LogP contribution >= 0.6 is 11.6 Å². The Morgan fingerprint density at radius 3 is 1.97 bits per heavy atom. The summed E-state index contributed by atoms with van der Waals surface area (Å²) in [5, 5.41) is 8.11. The number of nitrogens with zero attached hydrogens (tertiary/aromatic N) is 3. The van der Waals surface area contributed by atoms with Gasteiger partial charge in [0.25, 0.3) is 0 Å². The van der Waals surface area contributed by atoms with Crippen molar-refractivity contribution in [3.05, 3.63) is 70.0 Å². The molecule has 1 aliphatic heterocycles. The standard InChI is InChI=1S/C25H19ClF5N3O4/c1-36-17-11-16(34-7-3-4-8-34)18(37-2)10-15(17)33-32-14-6-5-12(9-13(14)26)25(35)38-24-22(30)20(28)19(27)21(29)23(24)31/h5-6,9-11H,3-4,7-8H2,1-2H3. The number of methoxy groups -OCH3 is 2. The Balaban J connectivity index is 1.58. The molecule has 0 spiro atoms. The van der Waals surface area contributed by atoms with Gasteiger partial charge in [-0.15, -0.1) is 10.2 Å². The van der Waals surface area contributed by atoms with Crippen LogP contribution in [0.25, 0.3) is 0 Å². The molecule has 0 aromatic heterocycles. The topological polar surface area (TPSA) is 72.7 Å². The summed E-state index contributed by atoms with van der Waals surface area (Å²) in [5.41, 5.74) is 0.949. The number of benzene rings is 3.